The van der Waals surface area contributed by atoms with E-state index < -0.39 is 4.92 Å². The van der Waals surface area contributed by atoms with Crippen molar-refractivity contribution >= 4 is 11.5 Å². The summed E-state index contributed by atoms with van der Waals surface area (Å²) < 4.78 is 5.19. The number of methoxy groups -OCH3 is 1. The Balaban J connectivity index is 1.72. The number of carbonyl (C=O) groups excluding carboxylic acids is 1. The molecule has 30 heavy (non-hydrogen) atoms. The van der Waals surface area contributed by atoms with Gasteiger partial charge in [0.25, 0.3) is 5.69 Å². The maximum atomic E-state index is 12.6. The lowest BCUT2D eigenvalue weighted by Gasteiger charge is -2.05. The summed E-state index contributed by atoms with van der Waals surface area (Å²) in [6.45, 7) is 0. The zero-order chi connectivity index (χ0) is 21.1. The van der Waals surface area contributed by atoms with Gasteiger partial charge >= 0.3 is 0 Å². The van der Waals surface area contributed by atoms with Crippen LogP contribution >= 0.6 is 0 Å². The fourth-order valence-corrected chi connectivity index (χ4v) is 2.93. The van der Waals surface area contributed by atoms with Crippen LogP contribution in [0.1, 0.15) is 15.9 Å². The summed E-state index contributed by atoms with van der Waals surface area (Å²) in [5.74, 6) is 0.597. The van der Waals surface area contributed by atoms with Crippen LogP contribution in [0.15, 0.2) is 72.8 Å². The van der Waals surface area contributed by atoms with E-state index >= 15 is 0 Å². The topological polar surface area (TPSA) is 113 Å². The number of nitro benzene ring substituents is 1. The smallest absolute Gasteiger partial charge is 0.297 e. The lowest BCUT2D eigenvalue weighted by Crippen LogP contribution is -2.07. The molecule has 4 aromatic rings. The zero-order valence-corrected chi connectivity index (χ0v) is 15.8. The number of rotatable bonds is 6. The Kier molecular flexibility index (Phi) is 5.00. The quantitative estimate of drug-likeness (QED) is 0.276. The number of hydrogen-bond donors (Lipinski definition) is 0. The van der Waals surface area contributed by atoms with E-state index in [9.17, 15) is 14.9 Å². The molecule has 9 nitrogen and oxygen atoms in total. The van der Waals surface area contributed by atoms with Crippen molar-refractivity contribution in [3.63, 3.8) is 0 Å². The molecule has 1 aromatic heterocycles. The zero-order valence-electron chi connectivity index (χ0n) is 15.8. The monoisotopic (exact) mass is 401 g/mol. The molecule has 3 aromatic carbocycles. The Morgan fingerprint density at radius 3 is 2.53 bits per heavy atom. The van der Waals surface area contributed by atoms with Crippen LogP contribution in [0.5, 0.6) is 5.75 Å². The van der Waals surface area contributed by atoms with Gasteiger partial charge in [-0.2, -0.15) is 0 Å². The Labute approximate surface area is 170 Å². The van der Waals surface area contributed by atoms with Crippen molar-refractivity contribution in [1.82, 2.24) is 20.2 Å². The molecule has 0 bridgehead atoms. The molecule has 148 valence electrons. The normalized spacial score (nSPS) is 10.6. The first-order chi connectivity index (χ1) is 14.6. The van der Waals surface area contributed by atoms with Crippen molar-refractivity contribution in [2.75, 3.05) is 7.11 Å². The summed E-state index contributed by atoms with van der Waals surface area (Å²) in [5.41, 5.74) is 1.10. The van der Waals surface area contributed by atoms with E-state index in [1.54, 1.807) is 61.7 Å². The molecule has 4 rings (SSSR count). The fourth-order valence-electron chi connectivity index (χ4n) is 2.93. The van der Waals surface area contributed by atoms with Crippen molar-refractivity contribution < 1.29 is 14.5 Å². The van der Waals surface area contributed by atoms with E-state index in [1.807, 2.05) is 0 Å². The predicted octanol–water partition coefficient (Wildman–Crippen LogP) is 3.48. The summed E-state index contributed by atoms with van der Waals surface area (Å²) in [5, 5.41) is 23.8. The third-order valence-electron chi connectivity index (χ3n) is 4.43. The molecule has 0 radical (unpaired) electrons. The number of ketones is 1. The SMILES string of the molecule is COc1cccc(-c2nnn(-c3ccc(C(=O)c4ccccc4)cc3[N+](=O)[O-])n2)c1. The van der Waals surface area contributed by atoms with Gasteiger partial charge in [0.15, 0.2) is 11.5 Å². The molecule has 0 aliphatic rings. The molecule has 0 amide bonds. The first-order valence-electron chi connectivity index (χ1n) is 8.90. The van der Waals surface area contributed by atoms with Crippen molar-refractivity contribution in [2.24, 2.45) is 0 Å². The Morgan fingerprint density at radius 2 is 1.80 bits per heavy atom. The molecular weight excluding hydrogens is 386 g/mol. The van der Waals surface area contributed by atoms with E-state index in [0.717, 1.165) is 4.80 Å². The summed E-state index contributed by atoms with van der Waals surface area (Å²) in [7, 11) is 1.55. The average Bonchev–Trinajstić information content (AvgIpc) is 3.29. The molecule has 0 aliphatic heterocycles. The summed E-state index contributed by atoms with van der Waals surface area (Å²) >= 11 is 0. The highest BCUT2D eigenvalue weighted by Crippen LogP contribution is 2.26. The molecule has 0 N–H and O–H groups in total. The standard InChI is InChI=1S/C21H15N5O4/c1-30-17-9-5-8-16(12-17)21-22-24-25(23-21)18-11-10-15(13-19(18)26(28)29)20(27)14-6-3-2-4-7-14/h2-13H,1H3. The van der Waals surface area contributed by atoms with Crippen molar-refractivity contribution in [3.05, 3.63) is 94.0 Å². The van der Waals surface area contributed by atoms with Gasteiger partial charge in [0, 0.05) is 22.8 Å². The van der Waals surface area contributed by atoms with Crippen molar-refractivity contribution in [3.8, 4) is 22.8 Å². The van der Waals surface area contributed by atoms with Gasteiger partial charge in [-0.3, -0.25) is 14.9 Å². The van der Waals surface area contributed by atoms with Crippen LogP contribution in [0.4, 0.5) is 5.69 Å². The fraction of sp³-hybridized carbons (Fsp3) is 0.0476. The lowest BCUT2D eigenvalue weighted by atomic mass is 10.0. The summed E-state index contributed by atoms with van der Waals surface area (Å²) in [6.07, 6.45) is 0. The highest BCUT2D eigenvalue weighted by molar-refractivity contribution is 6.09. The second-order valence-corrected chi connectivity index (χ2v) is 6.29. The van der Waals surface area contributed by atoms with E-state index in [1.165, 1.54) is 18.2 Å². The minimum atomic E-state index is -0.578. The van der Waals surface area contributed by atoms with Gasteiger partial charge in [-0.25, -0.2) is 0 Å². The molecule has 0 saturated carbocycles. The van der Waals surface area contributed by atoms with Crippen LogP contribution < -0.4 is 4.74 Å². The van der Waals surface area contributed by atoms with Crippen LogP contribution in [0.25, 0.3) is 17.1 Å². The maximum absolute atomic E-state index is 12.6. The van der Waals surface area contributed by atoms with Crippen LogP contribution in [0.2, 0.25) is 0 Å². The first-order valence-corrected chi connectivity index (χ1v) is 8.90. The predicted molar refractivity (Wildman–Crippen MR) is 108 cm³/mol. The van der Waals surface area contributed by atoms with Crippen LogP contribution in [-0.4, -0.2) is 38.0 Å². The van der Waals surface area contributed by atoms with Gasteiger partial charge in [0.05, 0.1) is 12.0 Å². The van der Waals surface area contributed by atoms with E-state index in [0.29, 0.717) is 16.9 Å². The van der Waals surface area contributed by atoms with Crippen LogP contribution in [-0.2, 0) is 0 Å². The first kappa shape index (κ1) is 18.9. The summed E-state index contributed by atoms with van der Waals surface area (Å²) in [4.78, 5) is 24.8. The van der Waals surface area contributed by atoms with Gasteiger partial charge in [0.2, 0.25) is 5.82 Å². The van der Waals surface area contributed by atoms with E-state index in [2.05, 4.69) is 15.4 Å². The molecule has 9 heteroatoms. The average molecular weight is 401 g/mol. The van der Waals surface area contributed by atoms with Crippen molar-refractivity contribution in [1.29, 1.82) is 0 Å². The van der Waals surface area contributed by atoms with Gasteiger partial charge in [-0.1, -0.05) is 42.5 Å². The third kappa shape index (κ3) is 3.63. The lowest BCUT2D eigenvalue weighted by molar-refractivity contribution is -0.384. The number of nitro groups is 1. The van der Waals surface area contributed by atoms with E-state index in [4.69, 9.17) is 4.74 Å². The van der Waals surface area contributed by atoms with Gasteiger partial charge in [0.1, 0.15) is 5.75 Å². The van der Waals surface area contributed by atoms with Crippen molar-refractivity contribution in [2.45, 2.75) is 0 Å². The molecule has 0 spiro atoms. The third-order valence-corrected chi connectivity index (χ3v) is 4.43. The Morgan fingerprint density at radius 1 is 1.00 bits per heavy atom. The molecule has 0 atom stereocenters. The molecule has 0 aliphatic carbocycles. The Bertz CT molecular complexity index is 1240. The largest absolute Gasteiger partial charge is 0.497 e. The summed E-state index contributed by atoms with van der Waals surface area (Å²) in [6, 6.07) is 19.8. The highest BCUT2D eigenvalue weighted by atomic mass is 16.6. The molecule has 0 fully saturated rings. The molecule has 0 saturated heterocycles. The highest BCUT2D eigenvalue weighted by Gasteiger charge is 2.22. The van der Waals surface area contributed by atoms with E-state index in [-0.39, 0.29) is 28.5 Å². The second-order valence-electron chi connectivity index (χ2n) is 6.29. The number of hydrogen-bond acceptors (Lipinski definition) is 7. The second kappa shape index (κ2) is 7.92. The van der Waals surface area contributed by atoms with Crippen LogP contribution in [0, 0.1) is 10.1 Å². The maximum Gasteiger partial charge on any atom is 0.297 e. The molecular formula is C21H15N5O4. The number of ether oxygens (including phenoxy) is 1. The minimum Gasteiger partial charge on any atom is -0.497 e. The number of aromatic nitrogens is 4. The Hall–Kier alpha value is -4.40. The number of nitrogens with zero attached hydrogens (tertiary/aromatic N) is 5. The molecule has 1 heterocycles. The molecule has 0 unspecified atom stereocenters. The van der Waals surface area contributed by atoms with Gasteiger partial charge in [-0.05, 0) is 29.5 Å². The number of benzene rings is 3. The number of carbonyl (C=O) groups is 1. The van der Waals surface area contributed by atoms with Crippen LogP contribution in [0.3, 0.4) is 0 Å². The van der Waals surface area contributed by atoms with Gasteiger partial charge in [-0.15, -0.1) is 15.0 Å². The minimum absolute atomic E-state index is 0.103. The van der Waals surface area contributed by atoms with Gasteiger partial charge < -0.3 is 4.74 Å². The number of tetrazole rings is 1.